The lowest BCUT2D eigenvalue weighted by Gasteiger charge is -2.09. The zero-order chi connectivity index (χ0) is 12.1. The second-order valence-corrected chi connectivity index (χ2v) is 3.59. The van der Waals surface area contributed by atoms with Crippen LogP contribution in [0.3, 0.4) is 0 Å². The van der Waals surface area contributed by atoms with Crippen molar-refractivity contribution < 1.29 is 9.13 Å². The molecule has 2 N–H and O–H groups in total. The maximum atomic E-state index is 12.9. The molecule has 2 rings (SSSR count). The van der Waals surface area contributed by atoms with E-state index in [0.717, 1.165) is 11.1 Å². The normalized spacial score (nSPS) is 10.2. The molecule has 0 amide bonds. The first-order valence-electron chi connectivity index (χ1n) is 5.30. The molecule has 0 radical (unpaired) electrons. The van der Waals surface area contributed by atoms with Crippen molar-refractivity contribution in [3.8, 4) is 5.75 Å². The van der Waals surface area contributed by atoms with E-state index in [1.165, 1.54) is 12.1 Å². The highest BCUT2D eigenvalue weighted by Crippen LogP contribution is 2.15. The minimum atomic E-state index is -0.312. The number of nitrogens with two attached hydrogens (primary N) is 1. The number of benzene rings is 1. The number of rotatable bonds is 4. The van der Waals surface area contributed by atoms with E-state index in [9.17, 15) is 4.39 Å². The zero-order valence-corrected chi connectivity index (χ0v) is 9.27. The maximum absolute atomic E-state index is 12.9. The molecule has 0 aliphatic heterocycles. The summed E-state index contributed by atoms with van der Waals surface area (Å²) in [7, 11) is 0. The number of nitrogens with zero attached hydrogens (tertiary/aromatic N) is 1. The highest BCUT2D eigenvalue weighted by atomic mass is 19.1. The number of halogens is 1. The fraction of sp³-hybridized carbons (Fsp3) is 0.154. The van der Waals surface area contributed by atoms with Crippen molar-refractivity contribution in [2.45, 2.75) is 13.2 Å². The van der Waals surface area contributed by atoms with Crippen LogP contribution in [0.15, 0.2) is 42.7 Å². The predicted octanol–water partition coefficient (Wildman–Crippen LogP) is 2.26. The van der Waals surface area contributed by atoms with E-state index >= 15 is 0 Å². The molecule has 1 heterocycles. The lowest BCUT2D eigenvalue weighted by atomic mass is 10.1. The molecule has 88 valence electrons. The van der Waals surface area contributed by atoms with Crippen LogP contribution in [0.25, 0.3) is 0 Å². The number of hydrogen-bond donors (Lipinski definition) is 1. The molecule has 0 saturated carbocycles. The lowest BCUT2D eigenvalue weighted by Crippen LogP contribution is -2.05. The molecule has 0 fully saturated rings. The van der Waals surface area contributed by atoms with E-state index in [4.69, 9.17) is 10.5 Å². The molecule has 0 aliphatic rings. The van der Waals surface area contributed by atoms with E-state index in [1.54, 1.807) is 24.5 Å². The average molecular weight is 232 g/mol. The van der Waals surface area contributed by atoms with Gasteiger partial charge in [0.25, 0.3) is 0 Å². The van der Waals surface area contributed by atoms with Gasteiger partial charge in [-0.2, -0.15) is 0 Å². The van der Waals surface area contributed by atoms with Gasteiger partial charge in [0.05, 0.1) is 0 Å². The molecule has 3 nitrogen and oxygen atoms in total. The van der Waals surface area contributed by atoms with Gasteiger partial charge in [-0.15, -0.1) is 0 Å². The first-order valence-corrected chi connectivity index (χ1v) is 5.30. The van der Waals surface area contributed by atoms with Crippen molar-refractivity contribution >= 4 is 0 Å². The van der Waals surface area contributed by atoms with Gasteiger partial charge in [-0.3, -0.25) is 4.98 Å². The van der Waals surface area contributed by atoms with Crippen LogP contribution in [-0.4, -0.2) is 4.98 Å². The minimum absolute atomic E-state index is 0.312. The van der Waals surface area contributed by atoms with Crippen molar-refractivity contribution in [2.24, 2.45) is 5.73 Å². The van der Waals surface area contributed by atoms with Crippen LogP contribution in [0, 0.1) is 5.82 Å². The molecule has 2 aromatic rings. The standard InChI is InChI=1S/C13H13FN2O/c14-12-2-1-3-13(6-12)17-9-11-8-16-5-4-10(11)7-15/h1-6,8H,7,9,15H2. The molecule has 0 spiro atoms. The van der Waals surface area contributed by atoms with Gasteiger partial charge in [0.2, 0.25) is 0 Å². The molecular formula is C13H13FN2O. The average Bonchev–Trinajstić information content (AvgIpc) is 2.37. The Morgan fingerprint density at radius 2 is 2.12 bits per heavy atom. The highest BCUT2D eigenvalue weighted by Gasteiger charge is 2.02. The van der Waals surface area contributed by atoms with Crippen LogP contribution in [0.1, 0.15) is 11.1 Å². The number of hydrogen-bond acceptors (Lipinski definition) is 3. The van der Waals surface area contributed by atoms with Gasteiger partial charge in [0, 0.05) is 30.6 Å². The molecule has 1 aromatic heterocycles. The van der Waals surface area contributed by atoms with Crippen LogP contribution < -0.4 is 10.5 Å². The predicted molar refractivity (Wildman–Crippen MR) is 62.9 cm³/mol. The summed E-state index contributed by atoms with van der Waals surface area (Å²) in [5.74, 6) is 0.185. The summed E-state index contributed by atoms with van der Waals surface area (Å²) >= 11 is 0. The first kappa shape index (κ1) is 11.5. The van der Waals surface area contributed by atoms with Crippen molar-refractivity contribution in [3.63, 3.8) is 0 Å². The van der Waals surface area contributed by atoms with Crippen LogP contribution in [-0.2, 0) is 13.2 Å². The maximum Gasteiger partial charge on any atom is 0.126 e. The Hall–Kier alpha value is -1.94. The van der Waals surface area contributed by atoms with Crippen LogP contribution in [0.2, 0.25) is 0 Å². The third kappa shape index (κ3) is 3.01. The van der Waals surface area contributed by atoms with Crippen LogP contribution in [0.4, 0.5) is 4.39 Å². The van der Waals surface area contributed by atoms with Crippen LogP contribution in [0.5, 0.6) is 5.75 Å². The lowest BCUT2D eigenvalue weighted by molar-refractivity contribution is 0.303. The molecule has 17 heavy (non-hydrogen) atoms. The van der Waals surface area contributed by atoms with Gasteiger partial charge < -0.3 is 10.5 Å². The van der Waals surface area contributed by atoms with Gasteiger partial charge in [0.15, 0.2) is 0 Å². The van der Waals surface area contributed by atoms with Crippen molar-refractivity contribution in [1.82, 2.24) is 4.98 Å². The van der Waals surface area contributed by atoms with E-state index < -0.39 is 0 Å². The number of aromatic nitrogens is 1. The molecule has 0 aliphatic carbocycles. The summed E-state index contributed by atoms with van der Waals surface area (Å²) in [6.45, 7) is 0.772. The Morgan fingerprint density at radius 3 is 2.88 bits per heavy atom. The summed E-state index contributed by atoms with van der Waals surface area (Å²) < 4.78 is 18.4. The molecule has 0 atom stereocenters. The van der Waals surface area contributed by atoms with Crippen molar-refractivity contribution in [2.75, 3.05) is 0 Å². The third-order valence-electron chi connectivity index (χ3n) is 2.41. The molecule has 1 aromatic carbocycles. The summed E-state index contributed by atoms with van der Waals surface area (Å²) in [4.78, 5) is 4.01. The molecule has 0 saturated heterocycles. The summed E-state index contributed by atoms with van der Waals surface area (Å²) in [5, 5.41) is 0. The fourth-order valence-corrected chi connectivity index (χ4v) is 1.50. The molecule has 0 bridgehead atoms. The molecule has 0 unspecified atom stereocenters. The second kappa shape index (κ2) is 5.41. The van der Waals surface area contributed by atoms with Gasteiger partial charge >= 0.3 is 0 Å². The Balaban J connectivity index is 2.07. The Labute approximate surface area is 99.1 Å². The number of ether oxygens (including phenoxy) is 1. The smallest absolute Gasteiger partial charge is 0.126 e. The first-order chi connectivity index (χ1) is 8.29. The van der Waals surface area contributed by atoms with E-state index in [1.807, 2.05) is 6.07 Å². The minimum Gasteiger partial charge on any atom is -0.489 e. The summed E-state index contributed by atoms with van der Waals surface area (Å²) in [5.41, 5.74) is 7.50. The Bertz CT molecular complexity index is 502. The Kier molecular flexibility index (Phi) is 3.67. The SMILES string of the molecule is NCc1ccncc1COc1cccc(F)c1. The van der Waals surface area contributed by atoms with E-state index in [-0.39, 0.29) is 5.82 Å². The summed E-state index contributed by atoms with van der Waals surface area (Å²) in [6.07, 6.45) is 3.40. The summed E-state index contributed by atoms with van der Waals surface area (Å²) in [6, 6.07) is 7.89. The van der Waals surface area contributed by atoms with Crippen LogP contribution >= 0.6 is 0 Å². The fourth-order valence-electron chi connectivity index (χ4n) is 1.50. The monoisotopic (exact) mass is 232 g/mol. The largest absolute Gasteiger partial charge is 0.489 e. The second-order valence-electron chi connectivity index (χ2n) is 3.59. The Morgan fingerprint density at radius 1 is 1.24 bits per heavy atom. The van der Waals surface area contributed by atoms with E-state index in [0.29, 0.717) is 18.9 Å². The molecule has 4 heteroatoms. The molecular weight excluding hydrogens is 219 g/mol. The van der Waals surface area contributed by atoms with Crippen molar-refractivity contribution in [3.05, 3.63) is 59.7 Å². The third-order valence-corrected chi connectivity index (χ3v) is 2.41. The van der Waals surface area contributed by atoms with Gasteiger partial charge in [-0.05, 0) is 23.8 Å². The van der Waals surface area contributed by atoms with Gasteiger partial charge in [0.1, 0.15) is 18.2 Å². The number of pyridine rings is 1. The van der Waals surface area contributed by atoms with E-state index in [2.05, 4.69) is 4.98 Å². The topological polar surface area (TPSA) is 48.1 Å². The van der Waals surface area contributed by atoms with Crippen molar-refractivity contribution in [1.29, 1.82) is 0 Å². The quantitative estimate of drug-likeness (QED) is 0.879. The highest BCUT2D eigenvalue weighted by molar-refractivity contribution is 5.25. The van der Waals surface area contributed by atoms with Gasteiger partial charge in [-0.1, -0.05) is 6.07 Å². The van der Waals surface area contributed by atoms with Gasteiger partial charge in [-0.25, -0.2) is 4.39 Å². The zero-order valence-electron chi connectivity index (χ0n) is 9.27.